The van der Waals surface area contributed by atoms with Crippen molar-refractivity contribution in [2.45, 2.75) is 19.4 Å². The fourth-order valence-corrected chi connectivity index (χ4v) is 1.41. The maximum absolute atomic E-state index is 10.2. The molecule has 1 aromatic heterocycles. The van der Waals surface area contributed by atoms with E-state index in [0.717, 1.165) is 30.3 Å². The Morgan fingerprint density at radius 1 is 1.36 bits per heavy atom. The van der Waals surface area contributed by atoms with Crippen LogP contribution < -0.4 is 0 Å². The van der Waals surface area contributed by atoms with Crippen LogP contribution in [-0.4, -0.2) is 21.3 Å². The highest BCUT2D eigenvalue weighted by atomic mass is 16.1. The third-order valence-corrected chi connectivity index (χ3v) is 2.11. The number of nitrogens with zero attached hydrogens (tertiary/aromatic N) is 3. The van der Waals surface area contributed by atoms with Crippen LogP contribution in [0.5, 0.6) is 0 Å². The number of benzene rings is 1. The molecule has 0 aliphatic heterocycles. The molecule has 0 amide bonds. The summed E-state index contributed by atoms with van der Waals surface area (Å²) in [5.74, 6) is 0. The second kappa shape index (κ2) is 4.00. The van der Waals surface area contributed by atoms with Gasteiger partial charge in [0, 0.05) is 13.0 Å². The van der Waals surface area contributed by atoms with Crippen molar-refractivity contribution in [1.82, 2.24) is 15.0 Å². The number of unbranched alkanes of at least 4 members (excludes halogenated alkanes) is 1. The van der Waals surface area contributed by atoms with E-state index in [1.165, 1.54) is 0 Å². The molecule has 0 spiro atoms. The second-order valence-electron chi connectivity index (χ2n) is 3.11. The molecule has 2 aromatic rings. The van der Waals surface area contributed by atoms with Crippen molar-refractivity contribution in [3.8, 4) is 0 Å². The maximum atomic E-state index is 10.2. The predicted molar refractivity (Wildman–Crippen MR) is 52.8 cm³/mol. The van der Waals surface area contributed by atoms with E-state index in [0.29, 0.717) is 6.42 Å². The number of hydrogen-bond acceptors (Lipinski definition) is 3. The number of aromatic nitrogens is 3. The van der Waals surface area contributed by atoms with Crippen LogP contribution in [0.2, 0.25) is 0 Å². The lowest BCUT2D eigenvalue weighted by molar-refractivity contribution is -0.107. The Hall–Kier alpha value is -1.71. The lowest BCUT2D eigenvalue weighted by Gasteiger charge is -1.98. The zero-order chi connectivity index (χ0) is 9.80. The Morgan fingerprint density at radius 3 is 3.07 bits per heavy atom. The van der Waals surface area contributed by atoms with Crippen molar-refractivity contribution in [3.05, 3.63) is 24.3 Å². The van der Waals surface area contributed by atoms with E-state index in [9.17, 15) is 4.79 Å². The Kier molecular flexibility index (Phi) is 2.53. The summed E-state index contributed by atoms with van der Waals surface area (Å²) in [6, 6.07) is 7.81. The smallest absolute Gasteiger partial charge is 0.120 e. The summed E-state index contributed by atoms with van der Waals surface area (Å²) in [4.78, 5) is 10.2. The van der Waals surface area contributed by atoms with Crippen molar-refractivity contribution in [2.24, 2.45) is 0 Å². The van der Waals surface area contributed by atoms with Crippen molar-refractivity contribution in [3.63, 3.8) is 0 Å². The van der Waals surface area contributed by atoms with Crippen molar-refractivity contribution in [2.75, 3.05) is 0 Å². The van der Waals surface area contributed by atoms with Gasteiger partial charge in [0.1, 0.15) is 11.8 Å². The number of fused-ring (bicyclic) bond motifs is 1. The summed E-state index contributed by atoms with van der Waals surface area (Å²) in [5.41, 5.74) is 1.93. The van der Waals surface area contributed by atoms with Gasteiger partial charge in [-0.2, -0.15) is 0 Å². The molecule has 0 aliphatic carbocycles. The SMILES string of the molecule is O=CCCCn1nnc2ccccc21. The molecule has 0 saturated carbocycles. The van der Waals surface area contributed by atoms with E-state index in [2.05, 4.69) is 10.3 Å². The van der Waals surface area contributed by atoms with Gasteiger partial charge in [0.05, 0.1) is 5.52 Å². The molecule has 14 heavy (non-hydrogen) atoms. The summed E-state index contributed by atoms with van der Waals surface area (Å²) >= 11 is 0. The van der Waals surface area contributed by atoms with Gasteiger partial charge in [0.2, 0.25) is 0 Å². The van der Waals surface area contributed by atoms with Gasteiger partial charge < -0.3 is 4.79 Å². The van der Waals surface area contributed by atoms with Gasteiger partial charge in [0.25, 0.3) is 0 Å². The van der Waals surface area contributed by atoms with Crippen molar-refractivity contribution < 1.29 is 4.79 Å². The van der Waals surface area contributed by atoms with Crippen molar-refractivity contribution in [1.29, 1.82) is 0 Å². The van der Waals surface area contributed by atoms with Gasteiger partial charge in [-0.15, -0.1) is 5.10 Å². The first-order valence-corrected chi connectivity index (χ1v) is 4.63. The summed E-state index contributed by atoms with van der Waals surface area (Å²) in [6.45, 7) is 0.749. The molecule has 72 valence electrons. The molecular formula is C10H11N3O. The Balaban J connectivity index is 2.20. The fraction of sp³-hybridized carbons (Fsp3) is 0.300. The van der Waals surface area contributed by atoms with Crippen LogP contribution in [0.3, 0.4) is 0 Å². The third kappa shape index (κ3) is 1.64. The number of rotatable bonds is 4. The Labute approximate surface area is 81.5 Å². The van der Waals surface area contributed by atoms with Crippen LogP contribution in [-0.2, 0) is 11.3 Å². The molecule has 1 aromatic carbocycles. The summed E-state index contributed by atoms with van der Waals surface area (Å²) in [6.07, 6.45) is 2.32. The molecule has 2 rings (SSSR count). The third-order valence-electron chi connectivity index (χ3n) is 2.11. The summed E-state index contributed by atoms with van der Waals surface area (Å²) in [7, 11) is 0. The van der Waals surface area contributed by atoms with Gasteiger partial charge in [-0.25, -0.2) is 4.68 Å². The zero-order valence-corrected chi connectivity index (χ0v) is 7.76. The van der Waals surface area contributed by atoms with Crippen molar-refractivity contribution >= 4 is 17.3 Å². The highest BCUT2D eigenvalue weighted by Gasteiger charge is 2.01. The average Bonchev–Trinajstić information content (AvgIpc) is 2.63. The minimum Gasteiger partial charge on any atom is -0.303 e. The van der Waals surface area contributed by atoms with Crippen LogP contribution in [0.1, 0.15) is 12.8 Å². The van der Waals surface area contributed by atoms with Gasteiger partial charge in [-0.1, -0.05) is 17.3 Å². The Bertz CT molecular complexity index is 436. The predicted octanol–water partition coefficient (Wildman–Crippen LogP) is 1.41. The fourth-order valence-electron chi connectivity index (χ4n) is 1.41. The lowest BCUT2D eigenvalue weighted by Crippen LogP contribution is -2.00. The second-order valence-corrected chi connectivity index (χ2v) is 3.11. The minimum absolute atomic E-state index is 0.578. The zero-order valence-electron chi connectivity index (χ0n) is 7.76. The van der Waals surface area contributed by atoms with Crippen LogP contribution in [0.4, 0.5) is 0 Å². The highest BCUT2D eigenvalue weighted by Crippen LogP contribution is 2.09. The molecule has 0 fully saturated rings. The minimum atomic E-state index is 0.578. The number of hydrogen-bond donors (Lipinski definition) is 0. The number of carbonyl (C=O) groups is 1. The van der Waals surface area contributed by atoms with Crippen LogP contribution in [0.15, 0.2) is 24.3 Å². The molecule has 4 heteroatoms. The maximum Gasteiger partial charge on any atom is 0.120 e. The van der Waals surface area contributed by atoms with E-state index in [1.807, 2.05) is 28.9 Å². The van der Waals surface area contributed by atoms with Crippen LogP contribution in [0, 0.1) is 0 Å². The lowest BCUT2D eigenvalue weighted by atomic mass is 10.3. The molecular weight excluding hydrogens is 178 g/mol. The monoisotopic (exact) mass is 189 g/mol. The topological polar surface area (TPSA) is 47.8 Å². The first kappa shape index (κ1) is 8.87. The van der Waals surface area contributed by atoms with Gasteiger partial charge in [0.15, 0.2) is 0 Å². The van der Waals surface area contributed by atoms with E-state index >= 15 is 0 Å². The first-order valence-electron chi connectivity index (χ1n) is 4.63. The molecule has 0 aliphatic rings. The summed E-state index contributed by atoms with van der Waals surface area (Å²) in [5, 5.41) is 8.04. The highest BCUT2D eigenvalue weighted by molar-refractivity contribution is 5.73. The number of aldehydes is 1. The van der Waals surface area contributed by atoms with E-state index in [4.69, 9.17) is 0 Å². The molecule has 0 saturated heterocycles. The van der Waals surface area contributed by atoms with Crippen LogP contribution >= 0.6 is 0 Å². The van der Waals surface area contributed by atoms with Crippen LogP contribution in [0.25, 0.3) is 11.0 Å². The molecule has 0 N–H and O–H groups in total. The normalized spacial score (nSPS) is 10.6. The van der Waals surface area contributed by atoms with Gasteiger partial charge >= 0.3 is 0 Å². The Morgan fingerprint density at radius 2 is 2.21 bits per heavy atom. The quantitative estimate of drug-likeness (QED) is 0.539. The number of carbonyl (C=O) groups excluding carboxylic acids is 1. The molecule has 4 nitrogen and oxygen atoms in total. The van der Waals surface area contributed by atoms with E-state index in [1.54, 1.807) is 0 Å². The average molecular weight is 189 g/mol. The molecule has 0 bridgehead atoms. The summed E-state index contributed by atoms with van der Waals surface area (Å²) < 4.78 is 1.83. The molecule has 0 unspecified atom stereocenters. The molecule has 1 heterocycles. The van der Waals surface area contributed by atoms with Gasteiger partial charge in [-0.05, 0) is 18.6 Å². The largest absolute Gasteiger partial charge is 0.303 e. The van der Waals surface area contributed by atoms with Gasteiger partial charge in [-0.3, -0.25) is 0 Å². The molecule has 0 atom stereocenters. The standard InChI is InChI=1S/C10H11N3O/c14-8-4-3-7-13-10-6-2-1-5-9(10)11-12-13/h1-2,5-6,8H,3-4,7H2. The van der Waals surface area contributed by atoms with E-state index < -0.39 is 0 Å². The number of aryl methyl sites for hydroxylation is 1. The first-order chi connectivity index (χ1) is 6.92. The number of para-hydroxylation sites is 1. The van der Waals surface area contributed by atoms with E-state index in [-0.39, 0.29) is 0 Å². The molecule has 0 radical (unpaired) electrons.